The first-order valence-electron chi connectivity index (χ1n) is 9.87. The number of amides is 1. The normalized spacial score (nSPS) is 13.2. The molecule has 1 N–H and O–H groups in total. The van der Waals surface area contributed by atoms with Gasteiger partial charge in [0.25, 0.3) is 0 Å². The molecular formula is C22H25N5O3. The van der Waals surface area contributed by atoms with Gasteiger partial charge in [-0.1, -0.05) is 6.07 Å². The Labute approximate surface area is 175 Å². The lowest BCUT2D eigenvalue weighted by atomic mass is 10.0. The number of benzene rings is 1. The first-order chi connectivity index (χ1) is 14.3. The molecule has 0 atom stereocenters. The van der Waals surface area contributed by atoms with E-state index in [1.165, 1.54) is 0 Å². The summed E-state index contributed by atoms with van der Waals surface area (Å²) in [5, 5.41) is 7.41. The van der Waals surface area contributed by atoms with Crippen LogP contribution in [0.1, 0.15) is 30.8 Å². The second-order valence-corrected chi connectivity index (χ2v) is 7.84. The molecule has 0 fully saturated rings. The largest absolute Gasteiger partial charge is 0.486 e. The van der Waals surface area contributed by atoms with E-state index < -0.39 is 5.54 Å². The number of hydrogen-bond donors (Lipinski definition) is 1. The summed E-state index contributed by atoms with van der Waals surface area (Å²) in [6.45, 7) is 8.93. The maximum absolute atomic E-state index is 12.9. The number of rotatable bonds is 5. The number of nitrogens with zero attached hydrogens (tertiary/aromatic N) is 4. The molecule has 1 aliphatic heterocycles. The Morgan fingerprint density at radius 2 is 1.93 bits per heavy atom. The van der Waals surface area contributed by atoms with Gasteiger partial charge in [-0.25, -0.2) is 4.98 Å². The third-order valence-corrected chi connectivity index (χ3v) is 5.12. The van der Waals surface area contributed by atoms with Crippen LogP contribution in [0.4, 0.5) is 0 Å². The van der Waals surface area contributed by atoms with E-state index in [1.807, 2.05) is 52.1 Å². The van der Waals surface area contributed by atoms with E-state index in [-0.39, 0.29) is 5.91 Å². The predicted molar refractivity (Wildman–Crippen MR) is 111 cm³/mol. The predicted octanol–water partition coefficient (Wildman–Crippen LogP) is 2.78. The molecule has 1 aliphatic rings. The fourth-order valence-corrected chi connectivity index (χ4v) is 3.26. The molecule has 2 aromatic heterocycles. The second-order valence-electron chi connectivity index (χ2n) is 7.84. The summed E-state index contributed by atoms with van der Waals surface area (Å²) >= 11 is 0. The zero-order chi connectivity index (χ0) is 21.3. The molecule has 3 aromatic rings. The number of fused-ring (bicyclic) bond motifs is 1. The molecule has 1 amide bonds. The lowest BCUT2D eigenvalue weighted by molar-refractivity contribution is -0.129. The molecule has 8 nitrogen and oxygen atoms in total. The van der Waals surface area contributed by atoms with Crippen LogP contribution in [-0.2, 0) is 16.9 Å². The molecule has 1 aromatic carbocycles. The highest BCUT2D eigenvalue weighted by Crippen LogP contribution is 2.31. The molecule has 8 heteroatoms. The summed E-state index contributed by atoms with van der Waals surface area (Å²) in [5.41, 5.74) is 3.32. The Bertz CT molecular complexity index is 1090. The van der Waals surface area contributed by atoms with E-state index in [0.29, 0.717) is 25.5 Å². The lowest BCUT2D eigenvalue weighted by Gasteiger charge is -2.24. The number of carbonyl (C=O) groups is 1. The Hall–Kier alpha value is -3.42. The molecule has 0 radical (unpaired) electrons. The van der Waals surface area contributed by atoms with E-state index in [1.54, 1.807) is 17.1 Å². The first-order valence-corrected chi connectivity index (χ1v) is 9.87. The molecule has 0 bridgehead atoms. The zero-order valence-corrected chi connectivity index (χ0v) is 17.6. The molecule has 0 unspecified atom stereocenters. The molecule has 0 spiro atoms. The van der Waals surface area contributed by atoms with Gasteiger partial charge in [-0.15, -0.1) is 0 Å². The summed E-state index contributed by atoms with van der Waals surface area (Å²) in [6, 6.07) is 5.69. The van der Waals surface area contributed by atoms with Gasteiger partial charge in [0.1, 0.15) is 18.8 Å². The Balaban J connectivity index is 1.47. The van der Waals surface area contributed by atoms with Crippen molar-refractivity contribution in [1.29, 1.82) is 0 Å². The van der Waals surface area contributed by atoms with Crippen molar-refractivity contribution in [2.45, 2.75) is 39.8 Å². The average molecular weight is 407 g/mol. The molecule has 0 saturated heterocycles. The average Bonchev–Trinajstić information content (AvgIpc) is 3.24. The van der Waals surface area contributed by atoms with E-state index in [2.05, 4.69) is 20.4 Å². The van der Waals surface area contributed by atoms with E-state index >= 15 is 0 Å². The number of aryl methyl sites for hydroxylation is 2. The summed E-state index contributed by atoms with van der Waals surface area (Å²) in [4.78, 5) is 21.9. The fourth-order valence-electron chi connectivity index (χ4n) is 3.26. The van der Waals surface area contributed by atoms with Crippen molar-refractivity contribution in [3.05, 3.63) is 53.7 Å². The summed E-state index contributed by atoms with van der Waals surface area (Å²) in [7, 11) is 0. The molecule has 30 heavy (non-hydrogen) atoms. The van der Waals surface area contributed by atoms with Gasteiger partial charge in [0, 0.05) is 24.5 Å². The van der Waals surface area contributed by atoms with E-state index in [9.17, 15) is 4.79 Å². The highest BCUT2D eigenvalue weighted by molar-refractivity contribution is 5.83. The quantitative estimate of drug-likeness (QED) is 0.699. The van der Waals surface area contributed by atoms with E-state index in [4.69, 9.17) is 9.47 Å². The van der Waals surface area contributed by atoms with Crippen molar-refractivity contribution in [3.8, 4) is 22.8 Å². The third kappa shape index (κ3) is 3.85. The van der Waals surface area contributed by atoms with Crippen molar-refractivity contribution < 1.29 is 14.3 Å². The maximum atomic E-state index is 12.9. The van der Waals surface area contributed by atoms with Crippen LogP contribution in [0, 0.1) is 13.8 Å². The van der Waals surface area contributed by atoms with Gasteiger partial charge in [-0.3, -0.25) is 14.5 Å². The van der Waals surface area contributed by atoms with Gasteiger partial charge in [0.2, 0.25) is 5.91 Å². The van der Waals surface area contributed by atoms with Gasteiger partial charge in [-0.05, 0) is 45.4 Å². The van der Waals surface area contributed by atoms with Crippen LogP contribution in [0.3, 0.4) is 0 Å². The highest BCUT2D eigenvalue weighted by Gasteiger charge is 2.31. The zero-order valence-electron chi connectivity index (χ0n) is 17.6. The SMILES string of the molecule is Cc1cnc(C)c(-c2cnn(C(C)(C)C(=O)NCc3ccc4c(c3)OCCO4)c2)n1. The molecular weight excluding hydrogens is 382 g/mol. The number of aromatic nitrogens is 4. The Morgan fingerprint density at radius 1 is 1.17 bits per heavy atom. The van der Waals surface area contributed by atoms with Gasteiger partial charge in [0.15, 0.2) is 11.5 Å². The van der Waals surface area contributed by atoms with Gasteiger partial charge < -0.3 is 14.8 Å². The lowest BCUT2D eigenvalue weighted by Crippen LogP contribution is -2.44. The first kappa shape index (κ1) is 19.9. The van der Waals surface area contributed by atoms with Crippen LogP contribution in [0.25, 0.3) is 11.3 Å². The minimum absolute atomic E-state index is 0.140. The van der Waals surface area contributed by atoms with Crippen molar-refractivity contribution in [3.63, 3.8) is 0 Å². The molecule has 0 aliphatic carbocycles. The van der Waals surface area contributed by atoms with Gasteiger partial charge in [0.05, 0.1) is 23.3 Å². The van der Waals surface area contributed by atoms with Crippen LogP contribution in [0.15, 0.2) is 36.8 Å². The van der Waals surface area contributed by atoms with Crippen LogP contribution < -0.4 is 14.8 Å². The fraction of sp³-hybridized carbons (Fsp3) is 0.364. The van der Waals surface area contributed by atoms with Gasteiger partial charge >= 0.3 is 0 Å². The third-order valence-electron chi connectivity index (χ3n) is 5.12. The summed E-state index contributed by atoms with van der Waals surface area (Å²) < 4.78 is 12.8. The molecule has 156 valence electrons. The number of carbonyl (C=O) groups excluding carboxylic acids is 1. The summed E-state index contributed by atoms with van der Waals surface area (Å²) in [6.07, 6.45) is 5.28. The smallest absolute Gasteiger partial charge is 0.247 e. The van der Waals surface area contributed by atoms with Crippen LogP contribution in [0.5, 0.6) is 11.5 Å². The monoisotopic (exact) mass is 407 g/mol. The van der Waals surface area contributed by atoms with Crippen LogP contribution in [0.2, 0.25) is 0 Å². The molecule has 3 heterocycles. The maximum Gasteiger partial charge on any atom is 0.247 e. The highest BCUT2D eigenvalue weighted by atomic mass is 16.6. The van der Waals surface area contributed by atoms with E-state index in [0.717, 1.165) is 34.0 Å². The number of nitrogens with one attached hydrogen (secondary N) is 1. The summed E-state index contributed by atoms with van der Waals surface area (Å²) in [5.74, 6) is 1.30. The minimum atomic E-state index is -0.878. The van der Waals surface area contributed by atoms with Crippen molar-refractivity contribution in [1.82, 2.24) is 25.1 Å². The number of ether oxygens (including phenoxy) is 2. The second kappa shape index (κ2) is 7.78. The minimum Gasteiger partial charge on any atom is -0.486 e. The van der Waals surface area contributed by atoms with Gasteiger partial charge in [-0.2, -0.15) is 5.10 Å². The van der Waals surface area contributed by atoms with Crippen molar-refractivity contribution in [2.75, 3.05) is 13.2 Å². The Morgan fingerprint density at radius 3 is 2.73 bits per heavy atom. The topological polar surface area (TPSA) is 91.2 Å². The van der Waals surface area contributed by atoms with Crippen LogP contribution in [-0.4, -0.2) is 38.9 Å². The molecule has 0 saturated carbocycles. The van der Waals surface area contributed by atoms with Crippen molar-refractivity contribution in [2.24, 2.45) is 0 Å². The molecule has 4 rings (SSSR count). The standard InChI is InChI=1S/C22H25N5O3/c1-14-10-23-15(2)20(26-14)17-12-25-27(13-17)22(3,4)21(28)24-11-16-5-6-18-19(9-16)30-8-7-29-18/h5-6,9-10,12-13H,7-8,11H2,1-4H3,(H,24,28). The van der Waals surface area contributed by atoms with Crippen molar-refractivity contribution >= 4 is 5.91 Å². The Kier molecular flexibility index (Phi) is 5.15. The van der Waals surface area contributed by atoms with Crippen LogP contribution >= 0.6 is 0 Å². The number of hydrogen-bond acceptors (Lipinski definition) is 6.